The van der Waals surface area contributed by atoms with E-state index in [0.717, 1.165) is 16.9 Å². The van der Waals surface area contributed by atoms with Crippen LogP contribution in [0.25, 0.3) is 18.2 Å². The Kier molecular flexibility index (Phi) is 7.73. The SMILES string of the molecule is COc1ccc(/C=C/c2cc(OC)cc(OC)c2/C=C/C(=O)c2cc(Br)ccc2O)cc1. The predicted molar refractivity (Wildman–Crippen MR) is 131 cm³/mol. The van der Waals surface area contributed by atoms with Crippen molar-refractivity contribution < 1.29 is 24.1 Å². The van der Waals surface area contributed by atoms with E-state index < -0.39 is 0 Å². The number of aromatic hydroxyl groups is 1. The molecule has 3 aromatic rings. The molecule has 0 saturated heterocycles. The van der Waals surface area contributed by atoms with Crippen molar-refractivity contribution in [1.82, 2.24) is 0 Å². The average molecular weight is 495 g/mol. The fourth-order valence-corrected chi connectivity index (χ4v) is 3.44. The molecule has 164 valence electrons. The second-order valence-corrected chi connectivity index (χ2v) is 7.71. The zero-order valence-corrected chi connectivity index (χ0v) is 19.5. The van der Waals surface area contributed by atoms with E-state index in [0.29, 0.717) is 21.5 Å². The highest BCUT2D eigenvalue weighted by molar-refractivity contribution is 9.10. The molecular weight excluding hydrogens is 472 g/mol. The third kappa shape index (κ3) is 5.59. The summed E-state index contributed by atoms with van der Waals surface area (Å²) in [6.07, 6.45) is 6.96. The van der Waals surface area contributed by atoms with Crippen molar-refractivity contribution in [3.8, 4) is 23.0 Å². The Balaban J connectivity index is 1.99. The number of ether oxygens (including phenoxy) is 3. The maximum atomic E-state index is 12.7. The molecular formula is C26H23BrO5. The molecule has 0 heterocycles. The van der Waals surface area contributed by atoms with E-state index in [4.69, 9.17) is 14.2 Å². The molecule has 0 amide bonds. The number of carbonyl (C=O) groups excluding carboxylic acids is 1. The van der Waals surface area contributed by atoms with Gasteiger partial charge in [0.15, 0.2) is 5.78 Å². The van der Waals surface area contributed by atoms with Crippen molar-refractivity contribution in [2.24, 2.45) is 0 Å². The molecule has 1 N–H and O–H groups in total. The molecule has 0 aliphatic rings. The van der Waals surface area contributed by atoms with Crippen molar-refractivity contribution in [3.63, 3.8) is 0 Å². The average Bonchev–Trinajstić information content (AvgIpc) is 2.82. The van der Waals surface area contributed by atoms with Gasteiger partial charge in [0.05, 0.1) is 26.9 Å². The number of rotatable bonds is 8. The van der Waals surface area contributed by atoms with Crippen LogP contribution in [-0.4, -0.2) is 32.2 Å². The van der Waals surface area contributed by atoms with Gasteiger partial charge in [0.25, 0.3) is 0 Å². The quantitative estimate of drug-likeness (QED) is 0.228. The Labute approximate surface area is 195 Å². The van der Waals surface area contributed by atoms with Gasteiger partial charge in [0.2, 0.25) is 0 Å². The number of benzene rings is 3. The van der Waals surface area contributed by atoms with Gasteiger partial charge in [-0.1, -0.05) is 40.2 Å². The van der Waals surface area contributed by atoms with Crippen LogP contribution in [0, 0.1) is 0 Å². The number of phenols is 1. The lowest BCUT2D eigenvalue weighted by atomic mass is 10.0. The molecule has 6 heteroatoms. The second kappa shape index (κ2) is 10.7. The Hall–Kier alpha value is -3.51. The number of carbonyl (C=O) groups is 1. The van der Waals surface area contributed by atoms with Gasteiger partial charge >= 0.3 is 0 Å². The first-order valence-electron chi connectivity index (χ1n) is 9.74. The third-order valence-electron chi connectivity index (χ3n) is 4.80. The molecule has 0 fully saturated rings. The van der Waals surface area contributed by atoms with Crippen LogP contribution in [0.2, 0.25) is 0 Å². The molecule has 0 spiro atoms. The number of hydrogen-bond acceptors (Lipinski definition) is 5. The number of halogens is 1. The summed E-state index contributed by atoms with van der Waals surface area (Å²) >= 11 is 3.32. The first kappa shape index (κ1) is 23.2. The van der Waals surface area contributed by atoms with Crippen molar-refractivity contribution in [2.45, 2.75) is 0 Å². The predicted octanol–water partition coefficient (Wildman–Crippen LogP) is 6.25. The second-order valence-electron chi connectivity index (χ2n) is 6.80. The number of ketones is 1. The lowest BCUT2D eigenvalue weighted by Crippen LogP contribution is -1.97. The van der Waals surface area contributed by atoms with Crippen LogP contribution >= 0.6 is 15.9 Å². The van der Waals surface area contributed by atoms with Gasteiger partial charge < -0.3 is 19.3 Å². The molecule has 0 saturated carbocycles. The maximum Gasteiger partial charge on any atom is 0.189 e. The molecule has 3 rings (SSSR count). The Bertz CT molecular complexity index is 1160. The minimum Gasteiger partial charge on any atom is -0.507 e. The van der Waals surface area contributed by atoms with Crippen LogP contribution in [0.15, 0.2) is 65.1 Å². The van der Waals surface area contributed by atoms with Crippen LogP contribution in [-0.2, 0) is 0 Å². The van der Waals surface area contributed by atoms with Gasteiger partial charge in [-0.3, -0.25) is 4.79 Å². The Morgan fingerprint density at radius 3 is 2.22 bits per heavy atom. The first-order chi connectivity index (χ1) is 15.4. The van der Waals surface area contributed by atoms with Crippen molar-refractivity contribution in [2.75, 3.05) is 21.3 Å². The van der Waals surface area contributed by atoms with Gasteiger partial charge in [-0.25, -0.2) is 0 Å². The van der Waals surface area contributed by atoms with Gasteiger partial charge in [0.1, 0.15) is 23.0 Å². The number of hydrogen-bond donors (Lipinski definition) is 1. The van der Waals surface area contributed by atoms with E-state index in [1.54, 1.807) is 45.6 Å². The largest absolute Gasteiger partial charge is 0.507 e. The number of phenolic OH excluding ortho intramolecular Hbond substituents is 1. The minimum atomic E-state index is -0.327. The van der Waals surface area contributed by atoms with Crippen molar-refractivity contribution in [1.29, 1.82) is 0 Å². The molecule has 0 aromatic heterocycles. The number of methoxy groups -OCH3 is 3. The zero-order valence-electron chi connectivity index (χ0n) is 18.0. The van der Waals surface area contributed by atoms with Crippen molar-refractivity contribution in [3.05, 3.63) is 87.4 Å². The number of allylic oxidation sites excluding steroid dienone is 1. The maximum absolute atomic E-state index is 12.7. The standard InChI is InChI=1S/C26H23BrO5/c1-30-20-9-5-17(6-10-20)4-7-18-14-21(31-2)16-26(32-3)22(18)11-13-25(29)23-15-19(27)8-12-24(23)28/h4-16,28H,1-3H3/b7-4+,13-11+. The van der Waals surface area contributed by atoms with E-state index in [2.05, 4.69) is 15.9 Å². The molecule has 32 heavy (non-hydrogen) atoms. The van der Waals surface area contributed by atoms with E-state index in [9.17, 15) is 9.90 Å². The Morgan fingerprint density at radius 2 is 1.56 bits per heavy atom. The van der Waals surface area contributed by atoms with Crippen LogP contribution in [0.5, 0.6) is 23.0 Å². The van der Waals surface area contributed by atoms with E-state index in [1.165, 1.54) is 12.1 Å². The summed E-state index contributed by atoms with van der Waals surface area (Å²) in [6, 6.07) is 16.0. The van der Waals surface area contributed by atoms with Crippen LogP contribution in [0.3, 0.4) is 0 Å². The summed E-state index contributed by atoms with van der Waals surface area (Å²) < 4.78 is 16.8. The smallest absolute Gasteiger partial charge is 0.189 e. The lowest BCUT2D eigenvalue weighted by Gasteiger charge is -2.12. The van der Waals surface area contributed by atoms with Gasteiger partial charge in [-0.05, 0) is 59.7 Å². The minimum absolute atomic E-state index is 0.0795. The summed E-state index contributed by atoms with van der Waals surface area (Å²) in [5, 5.41) is 10.0. The summed E-state index contributed by atoms with van der Waals surface area (Å²) in [4.78, 5) is 12.7. The van der Waals surface area contributed by atoms with Crippen LogP contribution in [0.1, 0.15) is 27.0 Å². The van der Waals surface area contributed by atoms with Crippen LogP contribution in [0.4, 0.5) is 0 Å². The molecule has 5 nitrogen and oxygen atoms in total. The summed E-state index contributed by atoms with van der Waals surface area (Å²) in [6.45, 7) is 0. The highest BCUT2D eigenvalue weighted by atomic mass is 79.9. The molecule has 0 aliphatic carbocycles. The van der Waals surface area contributed by atoms with Gasteiger partial charge in [-0.2, -0.15) is 0 Å². The fraction of sp³-hybridized carbons (Fsp3) is 0.115. The lowest BCUT2D eigenvalue weighted by molar-refractivity contribution is 0.104. The molecule has 3 aromatic carbocycles. The highest BCUT2D eigenvalue weighted by Crippen LogP contribution is 2.32. The molecule has 0 aliphatic heterocycles. The Morgan fingerprint density at radius 1 is 0.844 bits per heavy atom. The topological polar surface area (TPSA) is 65.0 Å². The molecule has 0 atom stereocenters. The molecule has 0 radical (unpaired) electrons. The van der Waals surface area contributed by atoms with Gasteiger partial charge in [-0.15, -0.1) is 0 Å². The van der Waals surface area contributed by atoms with Crippen molar-refractivity contribution >= 4 is 39.9 Å². The summed E-state index contributed by atoms with van der Waals surface area (Å²) in [7, 11) is 4.77. The van der Waals surface area contributed by atoms with Gasteiger partial charge in [0, 0.05) is 16.1 Å². The zero-order chi connectivity index (χ0) is 23.1. The fourth-order valence-electron chi connectivity index (χ4n) is 3.08. The molecule has 0 bridgehead atoms. The highest BCUT2D eigenvalue weighted by Gasteiger charge is 2.12. The third-order valence-corrected chi connectivity index (χ3v) is 5.29. The monoisotopic (exact) mass is 494 g/mol. The normalized spacial score (nSPS) is 11.1. The van der Waals surface area contributed by atoms with E-state index in [1.807, 2.05) is 42.5 Å². The summed E-state index contributed by atoms with van der Waals surface area (Å²) in [5.74, 6) is 1.56. The summed E-state index contributed by atoms with van der Waals surface area (Å²) in [5.41, 5.74) is 2.71. The molecule has 0 unspecified atom stereocenters. The first-order valence-corrected chi connectivity index (χ1v) is 10.5. The van der Waals surface area contributed by atoms with E-state index >= 15 is 0 Å². The van der Waals surface area contributed by atoms with Crippen LogP contribution < -0.4 is 14.2 Å². The van der Waals surface area contributed by atoms with E-state index in [-0.39, 0.29) is 17.1 Å².